The molecule has 2 aromatic carbocycles. The van der Waals surface area contributed by atoms with Gasteiger partial charge in [0.1, 0.15) is 11.7 Å². The molecular formula is C22H22O4. The molecule has 0 radical (unpaired) electrons. The van der Waals surface area contributed by atoms with Crippen molar-refractivity contribution in [1.29, 1.82) is 0 Å². The maximum atomic E-state index is 12.8. The predicted octanol–water partition coefficient (Wildman–Crippen LogP) is 4.01. The van der Waals surface area contributed by atoms with Crippen LogP contribution >= 0.6 is 0 Å². The molecule has 3 rings (SSSR count). The lowest BCUT2D eigenvalue weighted by Gasteiger charge is -2.29. The number of esters is 1. The monoisotopic (exact) mass is 350 g/mol. The summed E-state index contributed by atoms with van der Waals surface area (Å²) >= 11 is 0. The van der Waals surface area contributed by atoms with Crippen molar-refractivity contribution in [2.24, 2.45) is 5.92 Å². The van der Waals surface area contributed by atoms with Gasteiger partial charge in [-0.15, -0.1) is 0 Å². The molecule has 2 aromatic rings. The summed E-state index contributed by atoms with van der Waals surface area (Å²) in [5.74, 6) is -1.07. The maximum Gasteiger partial charge on any atom is 0.317 e. The van der Waals surface area contributed by atoms with Crippen molar-refractivity contribution in [3.63, 3.8) is 0 Å². The summed E-state index contributed by atoms with van der Waals surface area (Å²) in [6, 6.07) is 17.3. The Labute approximate surface area is 153 Å². The first-order valence-electron chi connectivity index (χ1n) is 8.74. The van der Waals surface area contributed by atoms with Crippen LogP contribution in [0.2, 0.25) is 0 Å². The highest BCUT2D eigenvalue weighted by Gasteiger charge is 2.39. The molecule has 2 atom stereocenters. The molecule has 0 saturated carbocycles. The van der Waals surface area contributed by atoms with Crippen LogP contribution in [-0.2, 0) is 14.3 Å². The van der Waals surface area contributed by atoms with Gasteiger partial charge in [-0.3, -0.25) is 9.59 Å². The molecular weight excluding hydrogens is 328 g/mol. The average molecular weight is 350 g/mol. The number of methoxy groups -OCH3 is 1. The Balaban J connectivity index is 2.03. The van der Waals surface area contributed by atoms with Gasteiger partial charge in [0.15, 0.2) is 5.78 Å². The Morgan fingerprint density at radius 1 is 1.12 bits per heavy atom. The van der Waals surface area contributed by atoms with Crippen molar-refractivity contribution in [2.45, 2.75) is 19.3 Å². The van der Waals surface area contributed by atoms with Gasteiger partial charge in [-0.05, 0) is 48.3 Å². The van der Waals surface area contributed by atoms with Gasteiger partial charge in [-0.1, -0.05) is 42.5 Å². The van der Waals surface area contributed by atoms with Gasteiger partial charge >= 0.3 is 5.97 Å². The number of benzene rings is 2. The molecule has 0 aromatic heterocycles. The minimum Gasteiger partial charge on any atom is -0.497 e. The summed E-state index contributed by atoms with van der Waals surface area (Å²) < 4.78 is 10.5. The zero-order chi connectivity index (χ0) is 18.5. The fraction of sp³-hybridized carbons (Fsp3) is 0.273. The second-order valence-electron chi connectivity index (χ2n) is 6.25. The average Bonchev–Trinajstić information content (AvgIpc) is 2.68. The quantitative estimate of drug-likeness (QED) is 0.604. The van der Waals surface area contributed by atoms with Crippen molar-refractivity contribution in [3.8, 4) is 5.75 Å². The molecule has 0 aliphatic heterocycles. The summed E-state index contributed by atoms with van der Waals surface area (Å²) in [6.07, 6.45) is 2.18. The summed E-state index contributed by atoms with van der Waals surface area (Å²) in [4.78, 5) is 25.3. The Morgan fingerprint density at radius 2 is 1.88 bits per heavy atom. The number of carbonyl (C=O) groups excluding carboxylic acids is 2. The van der Waals surface area contributed by atoms with Gasteiger partial charge in [-0.2, -0.15) is 0 Å². The van der Waals surface area contributed by atoms with Gasteiger partial charge < -0.3 is 9.47 Å². The standard InChI is InChI=1S/C22H22O4/c1-3-26-22(24)21-19(16-10-7-11-18(12-16)25-2)13-17(14-20(21)23)15-8-5-4-6-9-15/h4-12,14,19,21H,3,13H2,1-2H3/t19-,21+/m0/s1. The number of carbonyl (C=O) groups is 2. The topological polar surface area (TPSA) is 52.6 Å². The van der Waals surface area contributed by atoms with E-state index in [0.29, 0.717) is 12.2 Å². The lowest BCUT2D eigenvalue weighted by atomic mass is 9.73. The second kappa shape index (κ2) is 8.00. The van der Waals surface area contributed by atoms with E-state index >= 15 is 0 Å². The van der Waals surface area contributed by atoms with E-state index in [2.05, 4.69) is 0 Å². The molecule has 0 heterocycles. The van der Waals surface area contributed by atoms with Crippen LogP contribution in [0, 0.1) is 5.92 Å². The molecule has 4 nitrogen and oxygen atoms in total. The summed E-state index contributed by atoms with van der Waals surface area (Å²) in [5, 5.41) is 0. The van der Waals surface area contributed by atoms with E-state index in [9.17, 15) is 9.59 Å². The van der Waals surface area contributed by atoms with Crippen LogP contribution in [0.15, 0.2) is 60.7 Å². The highest BCUT2D eigenvalue weighted by atomic mass is 16.5. The first-order valence-corrected chi connectivity index (χ1v) is 8.74. The minimum absolute atomic E-state index is 0.207. The number of rotatable bonds is 5. The zero-order valence-electron chi connectivity index (χ0n) is 15.0. The Morgan fingerprint density at radius 3 is 2.58 bits per heavy atom. The number of ketones is 1. The third-order valence-corrected chi connectivity index (χ3v) is 4.67. The van der Waals surface area contributed by atoms with Crippen LogP contribution in [0.5, 0.6) is 5.75 Å². The van der Waals surface area contributed by atoms with E-state index in [4.69, 9.17) is 9.47 Å². The highest BCUT2D eigenvalue weighted by molar-refractivity contribution is 6.10. The number of allylic oxidation sites excluding steroid dienone is 2. The van der Waals surface area contributed by atoms with Crippen LogP contribution < -0.4 is 4.74 Å². The van der Waals surface area contributed by atoms with Gasteiger partial charge in [0.2, 0.25) is 0 Å². The third-order valence-electron chi connectivity index (χ3n) is 4.67. The van der Waals surface area contributed by atoms with Crippen molar-refractivity contribution in [2.75, 3.05) is 13.7 Å². The molecule has 26 heavy (non-hydrogen) atoms. The van der Waals surface area contributed by atoms with Crippen LogP contribution in [-0.4, -0.2) is 25.5 Å². The largest absolute Gasteiger partial charge is 0.497 e. The van der Waals surface area contributed by atoms with Crippen molar-refractivity contribution in [3.05, 3.63) is 71.8 Å². The molecule has 134 valence electrons. The number of ether oxygens (including phenoxy) is 2. The highest BCUT2D eigenvalue weighted by Crippen LogP contribution is 2.41. The Hall–Kier alpha value is -2.88. The van der Waals surface area contributed by atoms with E-state index < -0.39 is 11.9 Å². The molecule has 4 heteroatoms. The van der Waals surface area contributed by atoms with E-state index in [1.54, 1.807) is 20.1 Å². The molecule has 1 aliphatic rings. The normalized spacial score (nSPS) is 19.6. The zero-order valence-corrected chi connectivity index (χ0v) is 15.0. The minimum atomic E-state index is -0.825. The lowest BCUT2D eigenvalue weighted by molar-refractivity contribution is -0.151. The molecule has 0 N–H and O–H groups in total. The number of hydrogen-bond acceptors (Lipinski definition) is 4. The molecule has 0 unspecified atom stereocenters. The SMILES string of the molecule is CCOC(=O)[C@H]1C(=O)C=C(c2ccccc2)C[C@H]1c1cccc(OC)c1. The van der Waals surface area contributed by atoms with E-state index in [1.165, 1.54) is 0 Å². The third kappa shape index (κ3) is 3.69. The molecule has 0 fully saturated rings. The first-order chi connectivity index (χ1) is 12.6. The molecule has 0 spiro atoms. The van der Waals surface area contributed by atoms with E-state index in [-0.39, 0.29) is 18.3 Å². The predicted molar refractivity (Wildman–Crippen MR) is 99.9 cm³/mol. The van der Waals surface area contributed by atoms with Gasteiger partial charge in [0, 0.05) is 5.92 Å². The fourth-order valence-electron chi connectivity index (χ4n) is 3.42. The van der Waals surface area contributed by atoms with Crippen LogP contribution in [0.4, 0.5) is 0 Å². The van der Waals surface area contributed by atoms with Gasteiger partial charge in [-0.25, -0.2) is 0 Å². The second-order valence-corrected chi connectivity index (χ2v) is 6.25. The summed E-state index contributed by atoms with van der Waals surface area (Å²) in [7, 11) is 1.60. The van der Waals surface area contributed by atoms with Gasteiger partial charge in [0.05, 0.1) is 13.7 Å². The summed E-state index contributed by atoms with van der Waals surface area (Å²) in [5.41, 5.74) is 2.83. The molecule has 0 saturated heterocycles. The Bertz CT molecular complexity index is 823. The van der Waals surface area contributed by atoms with E-state index in [1.807, 2.05) is 54.6 Å². The first kappa shape index (κ1) is 17.9. The summed E-state index contributed by atoms with van der Waals surface area (Å²) in [6.45, 7) is 2.00. The van der Waals surface area contributed by atoms with Crippen LogP contribution in [0.1, 0.15) is 30.4 Å². The van der Waals surface area contributed by atoms with E-state index in [0.717, 1.165) is 16.7 Å². The van der Waals surface area contributed by atoms with Crippen LogP contribution in [0.3, 0.4) is 0 Å². The molecule has 0 bridgehead atoms. The van der Waals surface area contributed by atoms with Gasteiger partial charge in [0.25, 0.3) is 0 Å². The smallest absolute Gasteiger partial charge is 0.317 e. The fourth-order valence-corrected chi connectivity index (χ4v) is 3.42. The molecule has 1 aliphatic carbocycles. The lowest BCUT2D eigenvalue weighted by Crippen LogP contribution is -2.34. The van der Waals surface area contributed by atoms with Crippen molar-refractivity contribution in [1.82, 2.24) is 0 Å². The molecule has 0 amide bonds. The van der Waals surface area contributed by atoms with Crippen molar-refractivity contribution < 1.29 is 19.1 Å². The number of hydrogen-bond donors (Lipinski definition) is 0. The Kier molecular flexibility index (Phi) is 5.52. The van der Waals surface area contributed by atoms with Crippen LogP contribution in [0.25, 0.3) is 5.57 Å². The maximum absolute atomic E-state index is 12.8. The van der Waals surface area contributed by atoms with Crippen molar-refractivity contribution >= 4 is 17.3 Å².